The molecule has 0 heterocycles. The van der Waals surface area contributed by atoms with Gasteiger partial charge in [0, 0.05) is 12.2 Å². The third kappa shape index (κ3) is 3.85. The fraction of sp³-hybridized carbons (Fsp3) is 0.188. The molecule has 2 aromatic rings. The van der Waals surface area contributed by atoms with Gasteiger partial charge in [-0.15, -0.1) is 0 Å². The van der Waals surface area contributed by atoms with Crippen LogP contribution in [0, 0.1) is 6.92 Å². The predicted molar refractivity (Wildman–Crippen MR) is 77.9 cm³/mol. The lowest BCUT2D eigenvalue weighted by atomic mass is 10.1. The van der Waals surface area contributed by atoms with Crippen LogP contribution in [0.5, 0.6) is 0 Å². The van der Waals surface area contributed by atoms with Crippen molar-refractivity contribution < 1.29 is 4.79 Å². The maximum Gasteiger partial charge on any atom is 0.236 e. The van der Waals surface area contributed by atoms with Gasteiger partial charge < -0.3 is 10.6 Å². The summed E-state index contributed by atoms with van der Waals surface area (Å²) in [5.41, 5.74) is 8.69. The number of benzene rings is 2. The van der Waals surface area contributed by atoms with Crippen LogP contribution in [0.1, 0.15) is 11.1 Å². The molecular formula is C16H18N2O. The number of carbonyl (C=O) groups is 1. The average Bonchev–Trinajstić information content (AvgIpc) is 2.39. The molecule has 0 saturated heterocycles. The second-order valence-corrected chi connectivity index (χ2v) is 4.64. The Balaban J connectivity index is 2.20. The maximum absolute atomic E-state index is 11.2. The van der Waals surface area contributed by atoms with Gasteiger partial charge in [0.05, 0.1) is 6.54 Å². The number of primary amides is 1. The molecule has 98 valence electrons. The number of anilines is 1. The number of carbonyl (C=O) groups excluding carboxylic acids is 1. The molecule has 0 unspecified atom stereocenters. The Labute approximate surface area is 113 Å². The van der Waals surface area contributed by atoms with Gasteiger partial charge >= 0.3 is 0 Å². The van der Waals surface area contributed by atoms with E-state index >= 15 is 0 Å². The Bertz CT molecular complexity index is 534. The normalized spacial score (nSPS) is 10.2. The van der Waals surface area contributed by atoms with E-state index in [0.29, 0.717) is 6.54 Å². The van der Waals surface area contributed by atoms with E-state index in [1.165, 1.54) is 5.56 Å². The number of hydrogen-bond donors (Lipinski definition) is 1. The van der Waals surface area contributed by atoms with Gasteiger partial charge in [0.2, 0.25) is 5.91 Å². The van der Waals surface area contributed by atoms with Crippen molar-refractivity contribution in [3.05, 3.63) is 65.7 Å². The highest BCUT2D eigenvalue weighted by molar-refractivity contribution is 5.79. The summed E-state index contributed by atoms with van der Waals surface area (Å²) in [5.74, 6) is -0.323. The Morgan fingerprint density at radius 3 is 2.26 bits per heavy atom. The second-order valence-electron chi connectivity index (χ2n) is 4.64. The summed E-state index contributed by atoms with van der Waals surface area (Å²) in [6, 6.07) is 18.2. The molecule has 2 N–H and O–H groups in total. The first kappa shape index (κ1) is 13.1. The van der Waals surface area contributed by atoms with Gasteiger partial charge in [-0.25, -0.2) is 0 Å². The number of amides is 1. The van der Waals surface area contributed by atoms with Crippen molar-refractivity contribution in [2.24, 2.45) is 5.73 Å². The standard InChI is InChI=1S/C16H18N2O/c1-13-7-9-15(10-8-13)18(12-16(17)19)11-14-5-3-2-4-6-14/h2-10H,11-12H2,1H3,(H2,17,19). The van der Waals surface area contributed by atoms with Crippen molar-refractivity contribution in [1.82, 2.24) is 0 Å². The summed E-state index contributed by atoms with van der Waals surface area (Å²) in [5, 5.41) is 0. The SMILES string of the molecule is Cc1ccc(N(CC(N)=O)Cc2ccccc2)cc1. The largest absolute Gasteiger partial charge is 0.368 e. The van der Waals surface area contributed by atoms with E-state index in [-0.39, 0.29) is 12.5 Å². The molecule has 0 atom stereocenters. The minimum atomic E-state index is -0.323. The molecule has 0 aromatic heterocycles. The number of aryl methyl sites for hydroxylation is 1. The predicted octanol–water partition coefficient (Wildman–Crippen LogP) is 2.49. The van der Waals surface area contributed by atoms with Gasteiger partial charge in [-0.2, -0.15) is 0 Å². The van der Waals surface area contributed by atoms with Gasteiger partial charge in [-0.1, -0.05) is 48.0 Å². The number of nitrogens with zero attached hydrogens (tertiary/aromatic N) is 1. The molecule has 0 aliphatic heterocycles. The Hall–Kier alpha value is -2.29. The molecule has 2 aromatic carbocycles. The molecule has 0 saturated carbocycles. The molecule has 3 nitrogen and oxygen atoms in total. The van der Waals surface area contributed by atoms with E-state index in [4.69, 9.17) is 5.73 Å². The van der Waals surface area contributed by atoms with Crippen LogP contribution < -0.4 is 10.6 Å². The zero-order valence-electron chi connectivity index (χ0n) is 11.0. The molecular weight excluding hydrogens is 236 g/mol. The monoisotopic (exact) mass is 254 g/mol. The minimum absolute atomic E-state index is 0.220. The third-order valence-corrected chi connectivity index (χ3v) is 2.96. The van der Waals surface area contributed by atoms with Crippen molar-refractivity contribution in [2.45, 2.75) is 13.5 Å². The maximum atomic E-state index is 11.2. The smallest absolute Gasteiger partial charge is 0.236 e. The Morgan fingerprint density at radius 1 is 1.05 bits per heavy atom. The van der Waals surface area contributed by atoms with E-state index in [1.807, 2.05) is 66.4 Å². The van der Waals surface area contributed by atoms with Crippen LogP contribution in [0.2, 0.25) is 0 Å². The molecule has 2 rings (SSSR count). The van der Waals surface area contributed by atoms with Crippen LogP contribution in [0.25, 0.3) is 0 Å². The molecule has 0 aliphatic rings. The zero-order valence-corrected chi connectivity index (χ0v) is 11.0. The van der Waals surface area contributed by atoms with Crippen molar-refractivity contribution in [3.63, 3.8) is 0 Å². The van der Waals surface area contributed by atoms with E-state index in [0.717, 1.165) is 11.3 Å². The molecule has 0 aliphatic carbocycles. The molecule has 1 amide bonds. The second kappa shape index (κ2) is 6.05. The molecule has 0 radical (unpaired) electrons. The summed E-state index contributed by atoms with van der Waals surface area (Å²) < 4.78 is 0. The summed E-state index contributed by atoms with van der Waals surface area (Å²) in [6.45, 7) is 2.93. The third-order valence-electron chi connectivity index (χ3n) is 2.96. The van der Waals surface area contributed by atoms with E-state index in [2.05, 4.69) is 0 Å². The van der Waals surface area contributed by atoms with Crippen molar-refractivity contribution in [3.8, 4) is 0 Å². The topological polar surface area (TPSA) is 46.3 Å². The first-order chi connectivity index (χ1) is 9.15. The van der Waals surface area contributed by atoms with Crippen molar-refractivity contribution >= 4 is 11.6 Å². The lowest BCUT2D eigenvalue weighted by molar-refractivity contribution is -0.116. The lowest BCUT2D eigenvalue weighted by Crippen LogP contribution is -2.33. The van der Waals surface area contributed by atoms with E-state index in [1.54, 1.807) is 0 Å². The minimum Gasteiger partial charge on any atom is -0.368 e. The fourth-order valence-corrected chi connectivity index (χ4v) is 1.99. The van der Waals surface area contributed by atoms with Gasteiger partial charge in [0.15, 0.2) is 0 Å². The van der Waals surface area contributed by atoms with Gasteiger partial charge in [0.25, 0.3) is 0 Å². The quantitative estimate of drug-likeness (QED) is 0.891. The fourth-order valence-electron chi connectivity index (χ4n) is 1.99. The first-order valence-corrected chi connectivity index (χ1v) is 6.29. The van der Waals surface area contributed by atoms with Gasteiger partial charge in [-0.3, -0.25) is 4.79 Å². The zero-order chi connectivity index (χ0) is 13.7. The van der Waals surface area contributed by atoms with Gasteiger partial charge in [0.1, 0.15) is 0 Å². The van der Waals surface area contributed by atoms with Crippen molar-refractivity contribution in [2.75, 3.05) is 11.4 Å². The highest BCUT2D eigenvalue weighted by atomic mass is 16.1. The Morgan fingerprint density at radius 2 is 1.68 bits per heavy atom. The summed E-state index contributed by atoms with van der Waals surface area (Å²) in [6.07, 6.45) is 0. The summed E-state index contributed by atoms with van der Waals surface area (Å²) in [7, 11) is 0. The van der Waals surface area contributed by atoms with E-state index in [9.17, 15) is 4.79 Å². The lowest BCUT2D eigenvalue weighted by Gasteiger charge is -2.23. The van der Waals surface area contributed by atoms with E-state index < -0.39 is 0 Å². The summed E-state index contributed by atoms with van der Waals surface area (Å²) >= 11 is 0. The number of nitrogens with two attached hydrogens (primary N) is 1. The summed E-state index contributed by atoms with van der Waals surface area (Å²) in [4.78, 5) is 13.2. The highest BCUT2D eigenvalue weighted by Crippen LogP contribution is 2.17. The van der Waals surface area contributed by atoms with Crippen LogP contribution >= 0.6 is 0 Å². The number of hydrogen-bond acceptors (Lipinski definition) is 2. The number of rotatable bonds is 5. The molecule has 19 heavy (non-hydrogen) atoms. The highest BCUT2D eigenvalue weighted by Gasteiger charge is 2.09. The van der Waals surface area contributed by atoms with Crippen LogP contribution in [-0.2, 0) is 11.3 Å². The molecule has 0 fully saturated rings. The van der Waals surface area contributed by atoms with Gasteiger partial charge in [-0.05, 0) is 24.6 Å². The molecule has 0 bridgehead atoms. The van der Waals surface area contributed by atoms with Crippen LogP contribution in [0.3, 0.4) is 0 Å². The first-order valence-electron chi connectivity index (χ1n) is 6.29. The van der Waals surface area contributed by atoms with Crippen LogP contribution in [0.4, 0.5) is 5.69 Å². The Kier molecular flexibility index (Phi) is 4.18. The van der Waals surface area contributed by atoms with Crippen LogP contribution in [0.15, 0.2) is 54.6 Å². The molecule has 0 spiro atoms. The molecule has 3 heteroatoms. The van der Waals surface area contributed by atoms with Crippen LogP contribution in [-0.4, -0.2) is 12.5 Å². The average molecular weight is 254 g/mol. The van der Waals surface area contributed by atoms with Crippen molar-refractivity contribution in [1.29, 1.82) is 0 Å².